The first kappa shape index (κ1) is 39.0. The zero-order valence-electron chi connectivity index (χ0n) is 31.1. The number of carbonyl (C=O) groups excluding carboxylic acids is 1. The molecule has 0 spiro atoms. The second-order valence-electron chi connectivity index (χ2n) is 16.6. The topological polar surface area (TPSA) is 146 Å². The fourth-order valence-corrected chi connectivity index (χ4v) is 11.3. The number of hydrogen-bond acceptors (Lipinski definition) is 8. The molecule has 274 valence electrons. The fourth-order valence-electron chi connectivity index (χ4n) is 11.3. The average Bonchev–Trinajstić information content (AvgIpc) is 3.27. The lowest BCUT2D eigenvalue weighted by molar-refractivity contribution is -0.227. The van der Waals surface area contributed by atoms with Gasteiger partial charge in [0.15, 0.2) is 0 Å². The zero-order valence-corrected chi connectivity index (χ0v) is 31.1. The van der Waals surface area contributed by atoms with Gasteiger partial charge in [0.05, 0.1) is 6.10 Å². The summed E-state index contributed by atoms with van der Waals surface area (Å²) in [7, 11) is 0. The molecule has 0 aromatic heterocycles. The molecule has 0 bridgehead atoms. The van der Waals surface area contributed by atoms with Crippen molar-refractivity contribution in [1.82, 2.24) is 16.0 Å². The van der Waals surface area contributed by atoms with Gasteiger partial charge in [-0.1, -0.05) is 39.3 Å². The summed E-state index contributed by atoms with van der Waals surface area (Å²) >= 11 is 0. The quantitative estimate of drug-likeness (QED) is 0.0565. The Balaban J connectivity index is 1.50. The molecular weight excluding hydrogens is 604 g/mol. The van der Waals surface area contributed by atoms with Crippen LogP contribution in [0.5, 0.6) is 0 Å². The Labute approximate surface area is 290 Å². The predicted octanol–water partition coefficient (Wildman–Crippen LogP) is 5.18. The standard InChI is InChI=1S/C39H68N4O5/c1-25(2)11-8-12-28(36(46)47)34-30-23-32(45)35-37(5)15-14-31(43-20-10-19-42-22-21-41-18-9-17-40)26(3)29(37)13-16-38(35,6)39(30,7)24-33(34)48-27(4)44/h11,26,29-33,35,41-43,45H,8-10,12-24,40H2,1-7H3,(H,46,47)/t26-,29?,30?,31?,32+,33-,35?,37-,38-,39-/m0/s1. The SMILES string of the molecule is CC(=O)O[C@H]1C[C@@]2(C)C(C[C@@H](O)C3[C@@]4(C)CCC(NCCCNCCNCCCN)[C@@H](C)C4CC[C@@]32C)C1=C(CCC=C(C)C)C(=O)O. The number of aliphatic hydroxyl groups excluding tert-OH is 1. The molecule has 7 N–H and O–H groups in total. The number of carboxylic acids is 1. The maximum atomic E-state index is 12.8. The van der Waals surface area contributed by atoms with Crippen molar-refractivity contribution in [1.29, 1.82) is 0 Å². The van der Waals surface area contributed by atoms with Gasteiger partial charge in [0.2, 0.25) is 0 Å². The van der Waals surface area contributed by atoms with E-state index in [9.17, 15) is 19.8 Å². The Morgan fingerprint density at radius 1 is 0.979 bits per heavy atom. The molecule has 4 unspecified atom stereocenters. The van der Waals surface area contributed by atoms with Gasteiger partial charge >= 0.3 is 11.9 Å². The van der Waals surface area contributed by atoms with Crippen LogP contribution in [-0.2, 0) is 14.3 Å². The van der Waals surface area contributed by atoms with Gasteiger partial charge in [-0.3, -0.25) is 4.79 Å². The van der Waals surface area contributed by atoms with Crippen molar-refractivity contribution in [2.45, 2.75) is 131 Å². The summed E-state index contributed by atoms with van der Waals surface area (Å²) in [4.78, 5) is 25.2. The minimum absolute atomic E-state index is 0.0150. The maximum absolute atomic E-state index is 12.8. The van der Waals surface area contributed by atoms with Crippen LogP contribution in [-0.4, -0.2) is 79.7 Å². The minimum Gasteiger partial charge on any atom is -0.478 e. The highest BCUT2D eigenvalue weighted by Crippen LogP contribution is 2.74. The Morgan fingerprint density at radius 2 is 1.67 bits per heavy atom. The Bertz CT molecular complexity index is 1180. The molecule has 4 aliphatic rings. The number of aliphatic carboxylic acids is 1. The van der Waals surface area contributed by atoms with Gasteiger partial charge in [-0.05, 0) is 150 Å². The summed E-state index contributed by atoms with van der Waals surface area (Å²) in [5.74, 6) is -0.329. The van der Waals surface area contributed by atoms with Crippen molar-refractivity contribution in [3.8, 4) is 0 Å². The summed E-state index contributed by atoms with van der Waals surface area (Å²) in [6.07, 6.45) is 9.50. The average molecular weight is 673 g/mol. The van der Waals surface area contributed by atoms with E-state index < -0.39 is 18.2 Å². The van der Waals surface area contributed by atoms with Crippen LogP contribution in [0.15, 0.2) is 22.8 Å². The van der Waals surface area contributed by atoms with Gasteiger partial charge in [-0.15, -0.1) is 0 Å². The lowest BCUT2D eigenvalue weighted by atomic mass is 9.36. The first-order valence-electron chi connectivity index (χ1n) is 19.0. The van der Waals surface area contributed by atoms with E-state index in [4.69, 9.17) is 10.5 Å². The first-order valence-corrected chi connectivity index (χ1v) is 19.0. The van der Waals surface area contributed by atoms with Crippen LogP contribution >= 0.6 is 0 Å². The monoisotopic (exact) mass is 673 g/mol. The zero-order chi connectivity index (χ0) is 35.3. The van der Waals surface area contributed by atoms with Crippen molar-refractivity contribution in [2.24, 2.45) is 45.7 Å². The lowest BCUT2D eigenvalue weighted by Gasteiger charge is -2.69. The highest BCUT2D eigenvalue weighted by atomic mass is 16.5. The summed E-state index contributed by atoms with van der Waals surface area (Å²) in [6.45, 7) is 20.7. The van der Waals surface area contributed by atoms with E-state index in [1.807, 2.05) is 13.8 Å². The summed E-state index contributed by atoms with van der Waals surface area (Å²) < 4.78 is 5.97. The number of aliphatic hydroxyl groups is 1. The third kappa shape index (κ3) is 7.91. The number of nitrogens with two attached hydrogens (primary N) is 1. The van der Waals surface area contributed by atoms with Crippen molar-refractivity contribution in [3.05, 3.63) is 22.8 Å². The lowest BCUT2D eigenvalue weighted by Crippen LogP contribution is -2.66. The molecule has 10 atom stereocenters. The van der Waals surface area contributed by atoms with Crippen molar-refractivity contribution < 1.29 is 24.5 Å². The van der Waals surface area contributed by atoms with Crippen LogP contribution in [0.25, 0.3) is 0 Å². The molecule has 0 amide bonds. The molecule has 0 radical (unpaired) electrons. The van der Waals surface area contributed by atoms with Crippen LogP contribution < -0.4 is 21.7 Å². The minimum atomic E-state index is -0.934. The van der Waals surface area contributed by atoms with E-state index in [2.05, 4.69) is 49.7 Å². The van der Waals surface area contributed by atoms with Gasteiger partial charge in [0.25, 0.3) is 0 Å². The molecule has 0 heterocycles. The second-order valence-corrected chi connectivity index (χ2v) is 16.6. The van der Waals surface area contributed by atoms with Gasteiger partial charge in [0.1, 0.15) is 6.10 Å². The van der Waals surface area contributed by atoms with Crippen LogP contribution in [0.1, 0.15) is 113 Å². The van der Waals surface area contributed by atoms with Crippen LogP contribution in [0.4, 0.5) is 0 Å². The van der Waals surface area contributed by atoms with E-state index in [1.165, 1.54) is 6.92 Å². The van der Waals surface area contributed by atoms with Crippen molar-refractivity contribution in [3.63, 3.8) is 0 Å². The Morgan fingerprint density at radius 3 is 2.29 bits per heavy atom. The Kier molecular flexibility index (Phi) is 13.4. The number of nitrogens with one attached hydrogen (secondary N) is 3. The summed E-state index contributed by atoms with van der Waals surface area (Å²) in [6, 6.07) is 0.475. The van der Waals surface area contributed by atoms with Gasteiger partial charge in [-0.25, -0.2) is 4.79 Å². The number of esters is 1. The number of hydrogen-bond donors (Lipinski definition) is 6. The second kappa shape index (κ2) is 16.5. The fraction of sp³-hybridized carbons (Fsp3) is 0.846. The van der Waals surface area contributed by atoms with Crippen LogP contribution in [0.3, 0.4) is 0 Å². The highest BCUT2D eigenvalue weighted by Gasteiger charge is 2.70. The highest BCUT2D eigenvalue weighted by molar-refractivity contribution is 5.88. The van der Waals surface area contributed by atoms with Crippen molar-refractivity contribution >= 4 is 11.9 Å². The maximum Gasteiger partial charge on any atom is 0.331 e. The van der Waals surface area contributed by atoms with E-state index in [1.54, 1.807) is 0 Å². The molecule has 48 heavy (non-hydrogen) atoms. The first-order chi connectivity index (χ1) is 22.7. The largest absolute Gasteiger partial charge is 0.478 e. The van der Waals surface area contributed by atoms with Gasteiger partial charge in [-0.2, -0.15) is 0 Å². The summed E-state index contributed by atoms with van der Waals surface area (Å²) in [5, 5.41) is 33.6. The normalized spacial score (nSPS) is 38.4. The number of rotatable bonds is 16. The molecule has 4 rings (SSSR count). The van der Waals surface area contributed by atoms with E-state index >= 15 is 0 Å². The third-order valence-corrected chi connectivity index (χ3v) is 13.6. The van der Waals surface area contributed by atoms with E-state index in [0.717, 1.165) is 88.9 Å². The van der Waals surface area contributed by atoms with E-state index in [0.29, 0.717) is 49.1 Å². The molecular formula is C39H68N4O5. The summed E-state index contributed by atoms with van der Waals surface area (Å²) in [5.41, 5.74) is 7.32. The number of carboxylic acid groups (broad SMARTS) is 1. The molecule has 4 aliphatic carbocycles. The number of carbonyl (C=O) groups is 2. The molecule has 9 heteroatoms. The van der Waals surface area contributed by atoms with Crippen LogP contribution in [0.2, 0.25) is 0 Å². The van der Waals surface area contributed by atoms with Gasteiger partial charge in [0, 0.05) is 31.6 Å². The Hall–Kier alpha value is -1.78. The van der Waals surface area contributed by atoms with Crippen LogP contribution in [0, 0.1) is 39.9 Å². The molecule has 0 saturated heterocycles. The molecule has 0 aromatic carbocycles. The third-order valence-electron chi connectivity index (χ3n) is 13.6. The molecule has 4 fully saturated rings. The number of allylic oxidation sites excluding steroid dienone is 2. The molecule has 9 nitrogen and oxygen atoms in total. The van der Waals surface area contributed by atoms with E-state index in [-0.39, 0.29) is 34.1 Å². The predicted molar refractivity (Wildman–Crippen MR) is 192 cm³/mol. The molecule has 0 aromatic rings. The smallest absolute Gasteiger partial charge is 0.331 e. The van der Waals surface area contributed by atoms with Crippen molar-refractivity contribution in [2.75, 3.05) is 39.3 Å². The molecule has 0 aliphatic heterocycles. The number of fused-ring (bicyclic) bond motifs is 5. The number of ether oxygens (including phenoxy) is 1. The molecule has 4 saturated carbocycles. The van der Waals surface area contributed by atoms with Gasteiger partial charge < -0.3 is 36.6 Å².